The predicted octanol–water partition coefficient (Wildman–Crippen LogP) is 0.500. The summed E-state index contributed by atoms with van der Waals surface area (Å²) >= 11 is 0. The lowest BCUT2D eigenvalue weighted by molar-refractivity contribution is -0.136. The summed E-state index contributed by atoms with van der Waals surface area (Å²) in [5, 5.41) is 12.9. The summed E-state index contributed by atoms with van der Waals surface area (Å²) in [5.41, 5.74) is 0. The molecule has 16 heavy (non-hydrogen) atoms. The Morgan fingerprint density at radius 3 is 2.81 bits per heavy atom. The second-order valence-electron chi connectivity index (χ2n) is 4.98. The van der Waals surface area contributed by atoms with Gasteiger partial charge in [0, 0.05) is 6.54 Å². The van der Waals surface area contributed by atoms with Gasteiger partial charge in [-0.1, -0.05) is 6.42 Å². The molecule has 0 aromatic carbocycles. The largest absolute Gasteiger partial charge is 0.391 e. The molecule has 0 radical (unpaired) electrons. The van der Waals surface area contributed by atoms with Crippen molar-refractivity contribution in [3.8, 4) is 0 Å². The van der Waals surface area contributed by atoms with Gasteiger partial charge in [0.15, 0.2) is 0 Å². The third-order valence-electron chi connectivity index (χ3n) is 3.75. The molecule has 2 rings (SSSR count). The van der Waals surface area contributed by atoms with Crippen molar-refractivity contribution in [2.24, 2.45) is 0 Å². The van der Waals surface area contributed by atoms with E-state index in [1.165, 1.54) is 6.42 Å². The van der Waals surface area contributed by atoms with Gasteiger partial charge in [0.2, 0.25) is 5.91 Å². The molecule has 0 aromatic heterocycles. The van der Waals surface area contributed by atoms with Crippen molar-refractivity contribution in [2.75, 3.05) is 13.1 Å². The Labute approximate surface area is 97.0 Å². The van der Waals surface area contributed by atoms with Gasteiger partial charge in [0.25, 0.3) is 0 Å². The third-order valence-corrected chi connectivity index (χ3v) is 3.75. The fourth-order valence-corrected chi connectivity index (χ4v) is 2.83. The van der Waals surface area contributed by atoms with Crippen LogP contribution in [-0.4, -0.2) is 47.2 Å². The van der Waals surface area contributed by atoms with Crippen LogP contribution in [-0.2, 0) is 4.79 Å². The van der Waals surface area contributed by atoms with Crippen LogP contribution < -0.4 is 5.32 Å². The topological polar surface area (TPSA) is 52.6 Å². The second-order valence-corrected chi connectivity index (χ2v) is 4.98. The fourth-order valence-electron chi connectivity index (χ4n) is 2.83. The molecular weight excluding hydrogens is 204 g/mol. The fraction of sp³-hybridized carbons (Fsp3) is 0.917. The van der Waals surface area contributed by atoms with Gasteiger partial charge in [-0.05, 0) is 39.2 Å². The molecule has 0 spiro atoms. The number of carbonyl (C=O) groups excluding carboxylic acids is 1. The smallest absolute Gasteiger partial charge is 0.240 e. The number of rotatable bonds is 2. The van der Waals surface area contributed by atoms with Crippen molar-refractivity contribution in [1.82, 2.24) is 10.2 Å². The molecule has 2 saturated heterocycles. The molecule has 1 amide bonds. The summed E-state index contributed by atoms with van der Waals surface area (Å²) in [4.78, 5) is 14.2. The number of aliphatic hydroxyl groups is 1. The van der Waals surface area contributed by atoms with Crippen LogP contribution in [0.15, 0.2) is 0 Å². The zero-order valence-corrected chi connectivity index (χ0v) is 9.98. The number of nitrogens with zero attached hydrogens (tertiary/aromatic N) is 1. The van der Waals surface area contributed by atoms with Gasteiger partial charge in [-0.15, -0.1) is 0 Å². The Balaban J connectivity index is 1.97. The molecule has 0 saturated carbocycles. The second kappa shape index (κ2) is 5.15. The SMILES string of the molecule is C[C@H](O)[C@@H]1CCCN1C(=O)[C@H]1CCCCN1. The summed E-state index contributed by atoms with van der Waals surface area (Å²) in [6.07, 6.45) is 4.81. The van der Waals surface area contributed by atoms with E-state index in [4.69, 9.17) is 0 Å². The van der Waals surface area contributed by atoms with Gasteiger partial charge >= 0.3 is 0 Å². The number of hydrogen-bond donors (Lipinski definition) is 2. The first-order valence-electron chi connectivity index (χ1n) is 6.42. The van der Waals surface area contributed by atoms with E-state index in [9.17, 15) is 9.90 Å². The van der Waals surface area contributed by atoms with Gasteiger partial charge in [-0.2, -0.15) is 0 Å². The number of nitrogens with one attached hydrogen (secondary N) is 1. The van der Waals surface area contributed by atoms with Gasteiger partial charge in [-0.3, -0.25) is 4.79 Å². The van der Waals surface area contributed by atoms with Gasteiger partial charge < -0.3 is 15.3 Å². The third kappa shape index (κ3) is 2.38. The van der Waals surface area contributed by atoms with E-state index in [2.05, 4.69) is 5.32 Å². The molecule has 0 unspecified atom stereocenters. The summed E-state index contributed by atoms with van der Waals surface area (Å²) in [7, 11) is 0. The molecular formula is C12H22N2O2. The first-order valence-corrected chi connectivity index (χ1v) is 6.42. The summed E-state index contributed by atoms with van der Waals surface area (Å²) in [6, 6.07) is 0.0318. The number of likely N-dealkylation sites (tertiary alicyclic amines) is 1. The molecule has 0 bridgehead atoms. The molecule has 4 nitrogen and oxygen atoms in total. The van der Waals surface area contributed by atoms with Crippen molar-refractivity contribution in [3.63, 3.8) is 0 Å². The summed E-state index contributed by atoms with van der Waals surface area (Å²) in [5.74, 6) is 0.197. The minimum absolute atomic E-state index is 0.00639. The Hall–Kier alpha value is -0.610. The van der Waals surface area contributed by atoms with Crippen LogP contribution in [0.3, 0.4) is 0 Å². The van der Waals surface area contributed by atoms with Crippen molar-refractivity contribution < 1.29 is 9.90 Å². The highest BCUT2D eigenvalue weighted by Crippen LogP contribution is 2.22. The van der Waals surface area contributed by atoms with Crippen molar-refractivity contribution >= 4 is 5.91 Å². The highest BCUT2D eigenvalue weighted by Gasteiger charge is 2.35. The van der Waals surface area contributed by atoms with E-state index in [0.717, 1.165) is 38.8 Å². The highest BCUT2D eigenvalue weighted by atomic mass is 16.3. The zero-order valence-electron chi connectivity index (χ0n) is 9.98. The molecule has 2 N–H and O–H groups in total. The van der Waals surface area contributed by atoms with Crippen LogP contribution in [0.5, 0.6) is 0 Å². The highest BCUT2D eigenvalue weighted by molar-refractivity contribution is 5.82. The van der Waals surface area contributed by atoms with E-state index >= 15 is 0 Å². The molecule has 0 aromatic rings. The first-order chi connectivity index (χ1) is 7.70. The molecule has 2 fully saturated rings. The minimum atomic E-state index is -0.407. The van der Waals surface area contributed by atoms with Crippen LogP contribution in [0.2, 0.25) is 0 Å². The van der Waals surface area contributed by atoms with Crippen molar-refractivity contribution in [1.29, 1.82) is 0 Å². The van der Waals surface area contributed by atoms with Crippen LogP contribution in [0, 0.1) is 0 Å². The van der Waals surface area contributed by atoms with Crippen molar-refractivity contribution in [3.05, 3.63) is 0 Å². The summed E-state index contributed by atoms with van der Waals surface area (Å²) < 4.78 is 0. The molecule has 92 valence electrons. The Morgan fingerprint density at radius 2 is 2.19 bits per heavy atom. The first kappa shape index (κ1) is 11.9. The Morgan fingerprint density at radius 1 is 1.38 bits per heavy atom. The minimum Gasteiger partial charge on any atom is -0.391 e. The zero-order chi connectivity index (χ0) is 11.5. The van der Waals surface area contributed by atoms with E-state index in [1.807, 2.05) is 4.90 Å². The lowest BCUT2D eigenvalue weighted by Gasteiger charge is -2.32. The van der Waals surface area contributed by atoms with E-state index < -0.39 is 6.10 Å². The predicted molar refractivity (Wildman–Crippen MR) is 62.1 cm³/mol. The lowest BCUT2D eigenvalue weighted by atomic mass is 10.0. The Bertz CT molecular complexity index is 249. The molecule has 0 aliphatic carbocycles. The van der Waals surface area contributed by atoms with Crippen LogP contribution in [0.25, 0.3) is 0 Å². The maximum atomic E-state index is 12.3. The van der Waals surface area contributed by atoms with Gasteiger partial charge in [0.1, 0.15) is 0 Å². The van der Waals surface area contributed by atoms with Gasteiger partial charge in [-0.25, -0.2) is 0 Å². The standard InChI is InChI=1S/C12H22N2O2/c1-9(15)11-6-4-8-14(11)12(16)10-5-2-3-7-13-10/h9-11,13,15H,2-8H2,1H3/t9-,10+,11-/m0/s1. The van der Waals surface area contributed by atoms with E-state index in [-0.39, 0.29) is 18.0 Å². The monoisotopic (exact) mass is 226 g/mol. The maximum absolute atomic E-state index is 12.3. The molecule has 2 aliphatic rings. The van der Waals surface area contributed by atoms with Gasteiger partial charge in [0.05, 0.1) is 18.2 Å². The maximum Gasteiger partial charge on any atom is 0.240 e. The van der Waals surface area contributed by atoms with E-state index in [1.54, 1.807) is 6.92 Å². The number of amides is 1. The lowest BCUT2D eigenvalue weighted by Crippen LogP contribution is -2.52. The quantitative estimate of drug-likeness (QED) is 0.721. The number of hydrogen-bond acceptors (Lipinski definition) is 3. The molecule has 2 aliphatic heterocycles. The van der Waals surface area contributed by atoms with Crippen molar-refractivity contribution in [2.45, 2.75) is 57.2 Å². The van der Waals surface area contributed by atoms with E-state index in [0.29, 0.717) is 0 Å². The van der Waals surface area contributed by atoms with Crippen LogP contribution in [0.4, 0.5) is 0 Å². The van der Waals surface area contributed by atoms with Crippen LogP contribution in [0.1, 0.15) is 39.0 Å². The summed E-state index contributed by atoms with van der Waals surface area (Å²) in [6.45, 7) is 3.54. The number of piperidine rings is 1. The average molecular weight is 226 g/mol. The molecule has 2 heterocycles. The molecule has 4 heteroatoms. The number of aliphatic hydroxyl groups excluding tert-OH is 1. The normalized spacial score (nSPS) is 32.8. The van der Waals surface area contributed by atoms with Crippen LogP contribution >= 0.6 is 0 Å². The average Bonchev–Trinajstić information content (AvgIpc) is 2.78. The Kier molecular flexibility index (Phi) is 3.82. The number of carbonyl (C=O) groups is 1. The molecule has 3 atom stereocenters.